The van der Waals surface area contributed by atoms with Gasteiger partial charge in [-0.05, 0) is 0 Å². The molecule has 0 atom stereocenters. The van der Waals surface area contributed by atoms with Crippen molar-refractivity contribution in [3.05, 3.63) is 0 Å². The van der Waals surface area contributed by atoms with Crippen LogP contribution in [0.4, 0.5) is 0 Å². The first-order valence-electron chi connectivity index (χ1n) is 2.16. The third kappa shape index (κ3) is 6.25. The van der Waals surface area contributed by atoms with E-state index < -0.39 is 17.8 Å². The molecule has 0 aromatic heterocycles. The van der Waals surface area contributed by atoms with Crippen LogP contribution in [0, 0.1) is 0 Å². The topological polar surface area (TPSA) is 40.1 Å². The maximum absolute atomic E-state index is 9.88. The molecular formula is C4H8AsO2S-. The first kappa shape index (κ1) is 8.25. The molecule has 0 spiro atoms. The molecular weight excluding hydrogens is 187 g/mol. The van der Waals surface area contributed by atoms with Crippen LogP contribution in [-0.2, 0) is 4.79 Å². The molecule has 0 aliphatic carbocycles. The number of aliphatic carboxylic acids is 1. The van der Waals surface area contributed by atoms with E-state index in [1.807, 2.05) is 11.4 Å². The molecule has 0 N–H and O–H groups in total. The Morgan fingerprint density at radius 3 is 2.12 bits per heavy atom. The summed E-state index contributed by atoms with van der Waals surface area (Å²) >= 11 is -2.09. The second kappa shape index (κ2) is 2.69. The third-order valence-corrected chi connectivity index (χ3v) is 3.32. The van der Waals surface area contributed by atoms with Crippen molar-refractivity contribution in [2.75, 3.05) is 0 Å². The second-order valence-electron chi connectivity index (χ2n) is 2.10. The van der Waals surface area contributed by atoms with Gasteiger partial charge in [0.25, 0.3) is 0 Å². The summed E-state index contributed by atoms with van der Waals surface area (Å²) in [7, 11) is 4.91. The number of rotatable bonds is 2. The van der Waals surface area contributed by atoms with Gasteiger partial charge in [-0.25, -0.2) is 0 Å². The molecule has 0 aromatic carbocycles. The zero-order chi connectivity index (χ0) is 6.78. The molecule has 2 nitrogen and oxygen atoms in total. The zero-order valence-corrected chi connectivity index (χ0v) is 7.57. The summed E-state index contributed by atoms with van der Waals surface area (Å²) in [5.74, 6) is -1.00. The van der Waals surface area contributed by atoms with Crippen LogP contribution >= 0.6 is 10.4 Å². The molecule has 0 rings (SSSR count). The predicted molar refractivity (Wildman–Crippen MR) is 34.9 cm³/mol. The van der Waals surface area contributed by atoms with E-state index in [2.05, 4.69) is 0 Å². The van der Waals surface area contributed by atoms with Gasteiger partial charge in [-0.15, -0.1) is 0 Å². The Balaban J connectivity index is 3.74. The van der Waals surface area contributed by atoms with E-state index >= 15 is 0 Å². The number of hydrogen-bond acceptors (Lipinski definition) is 3. The molecule has 0 saturated heterocycles. The van der Waals surface area contributed by atoms with Crippen molar-refractivity contribution in [2.24, 2.45) is 0 Å². The summed E-state index contributed by atoms with van der Waals surface area (Å²) in [6.45, 7) is 0. The van der Waals surface area contributed by atoms with Crippen LogP contribution in [0.25, 0.3) is 0 Å². The average molecular weight is 195 g/mol. The van der Waals surface area contributed by atoms with Crippen molar-refractivity contribution in [2.45, 2.75) is 16.6 Å². The van der Waals surface area contributed by atoms with Gasteiger partial charge in [0.05, 0.1) is 0 Å². The molecule has 0 aliphatic rings. The van der Waals surface area contributed by atoms with E-state index in [0.29, 0.717) is 0 Å². The van der Waals surface area contributed by atoms with Crippen molar-refractivity contribution in [3.8, 4) is 0 Å². The van der Waals surface area contributed by atoms with Gasteiger partial charge >= 0.3 is 54.8 Å². The Morgan fingerprint density at radius 1 is 1.75 bits per heavy atom. The van der Waals surface area contributed by atoms with Crippen molar-refractivity contribution in [1.29, 1.82) is 0 Å². The molecule has 0 amide bonds. The van der Waals surface area contributed by atoms with E-state index in [4.69, 9.17) is 10.4 Å². The van der Waals surface area contributed by atoms with Crippen LogP contribution in [0.2, 0.25) is 16.6 Å². The molecule has 8 heavy (non-hydrogen) atoms. The zero-order valence-electron chi connectivity index (χ0n) is 4.88. The Bertz CT molecular complexity index is 137. The molecule has 0 aromatic rings. The van der Waals surface area contributed by atoms with Gasteiger partial charge < -0.3 is 0 Å². The van der Waals surface area contributed by atoms with Gasteiger partial charge in [0.1, 0.15) is 0 Å². The summed E-state index contributed by atoms with van der Waals surface area (Å²) < 4.78 is 0. The molecule has 0 fully saturated rings. The Labute approximate surface area is 55.1 Å². The van der Waals surface area contributed by atoms with Gasteiger partial charge in [-0.3, -0.25) is 0 Å². The molecule has 0 radical (unpaired) electrons. The molecule has 4 heteroatoms. The van der Waals surface area contributed by atoms with E-state index in [9.17, 15) is 9.90 Å². The van der Waals surface area contributed by atoms with Crippen LogP contribution in [0.15, 0.2) is 0 Å². The Morgan fingerprint density at radius 2 is 2.12 bits per heavy atom. The third-order valence-electron chi connectivity index (χ3n) is 0.510. The monoisotopic (exact) mass is 195 g/mol. The quantitative estimate of drug-likeness (QED) is 0.588. The van der Waals surface area contributed by atoms with Crippen LogP contribution in [0.3, 0.4) is 0 Å². The van der Waals surface area contributed by atoms with Gasteiger partial charge in [0.2, 0.25) is 0 Å². The van der Waals surface area contributed by atoms with Gasteiger partial charge in [0.15, 0.2) is 0 Å². The molecule has 0 unspecified atom stereocenters. The average Bonchev–Trinajstić information content (AvgIpc) is 1.21. The van der Waals surface area contributed by atoms with Crippen LogP contribution in [0.5, 0.6) is 0 Å². The van der Waals surface area contributed by atoms with E-state index in [-0.39, 0.29) is 5.21 Å². The van der Waals surface area contributed by atoms with Crippen LogP contribution in [-0.4, -0.2) is 17.8 Å². The van der Waals surface area contributed by atoms with Crippen molar-refractivity contribution in [3.63, 3.8) is 0 Å². The van der Waals surface area contributed by atoms with Crippen molar-refractivity contribution < 1.29 is 9.90 Å². The minimum absolute atomic E-state index is 0.119. The fraction of sp³-hybridized carbons (Fsp3) is 0.750. The van der Waals surface area contributed by atoms with E-state index in [1.165, 1.54) is 0 Å². The number of hydrogen-bond donors (Lipinski definition) is 0. The first-order chi connectivity index (χ1) is 3.42. The number of carbonyl (C=O) groups is 1. The fourth-order valence-electron chi connectivity index (χ4n) is 0.311. The minimum atomic E-state index is -2.09. The molecule has 0 aliphatic heterocycles. The molecule has 0 saturated carbocycles. The van der Waals surface area contributed by atoms with Gasteiger partial charge in [-0.2, -0.15) is 0 Å². The molecule has 0 bridgehead atoms. The van der Waals surface area contributed by atoms with Crippen molar-refractivity contribution in [1.82, 2.24) is 0 Å². The Hall–Kier alpha value is 0.248. The number of carboxylic acids is 1. The number of carbonyl (C=O) groups excluding carboxylic acids is 1. The van der Waals surface area contributed by atoms with Crippen molar-refractivity contribution >= 4 is 28.2 Å². The first-order valence-corrected chi connectivity index (χ1v) is 9.90. The SMILES string of the molecule is C[As](C)(=S)CC(=O)[O-]. The van der Waals surface area contributed by atoms with Crippen LogP contribution in [0.1, 0.15) is 0 Å². The van der Waals surface area contributed by atoms with Gasteiger partial charge in [0, 0.05) is 0 Å². The normalized spacial score (nSPS) is 11.2. The second-order valence-corrected chi connectivity index (χ2v) is 14.5. The summed E-state index contributed by atoms with van der Waals surface area (Å²) in [6.07, 6.45) is 0. The summed E-state index contributed by atoms with van der Waals surface area (Å²) in [5.41, 5.74) is 3.70. The predicted octanol–water partition coefficient (Wildman–Crippen LogP) is 0.139. The van der Waals surface area contributed by atoms with Crippen LogP contribution < -0.4 is 5.11 Å². The summed E-state index contributed by atoms with van der Waals surface area (Å²) in [6, 6.07) is 0. The van der Waals surface area contributed by atoms with E-state index in [0.717, 1.165) is 0 Å². The molecule has 0 heterocycles. The maximum atomic E-state index is 9.88. The number of carboxylic acid groups (broad SMARTS) is 1. The Kier molecular flexibility index (Phi) is 2.78. The summed E-state index contributed by atoms with van der Waals surface area (Å²) in [5, 5.41) is 10.00. The molecule has 48 valence electrons. The standard InChI is InChI=1S/C4H9AsO2S/c1-5(2,8)3-4(6)7/h3H2,1-2H3,(H,6,7)/p-1. The summed E-state index contributed by atoms with van der Waals surface area (Å²) in [4.78, 5) is 9.88. The fourth-order valence-corrected chi connectivity index (χ4v) is 2.16. The van der Waals surface area contributed by atoms with Gasteiger partial charge in [-0.1, -0.05) is 0 Å². The van der Waals surface area contributed by atoms with E-state index in [1.54, 1.807) is 0 Å².